The van der Waals surface area contributed by atoms with E-state index < -0.39 is 10.0 Å². The van der Waals surface area contributed by atoms with Gasteiger partial charge in [0.1, 0.15) is 0 Å². The Bertz CT molecular complexity index is 750. The number of rotatable bonds is 4. The van der Waals surface area contributed by atoms with E-state index in [0.717, 1.165) is 0 Å². The molecule has 2 rings (SSSR count). The number of nitrogens with two attached hydrogens (primary N) is 1. The van der Waals surface area contributed by atoms with E-state index in [1.54, 1.807) is 24.3 Å². The molecule has 6 heteroatoms. The van der Waals surface area contributed by atoms with Gasteiger partial charge in [0.05, 0.1) is 28.8 Å². The molecule has 0 radical (unpaired) electrons. The minimum absolute atomic E-state index is 0.132. The molecule has 0 aliphatic carbocycles. The highest BCUT2D eigenvalue weighted by Gasteiger charge is 2.13. The van der Waals surface area contributed by atoms with Crippen LogP contribution in [0.15, 0.2) is 48.5 Å². The molecule has 0 atom stereocenters. The van der Waals surface area contributed by atoms with Gasteiger partial charge in [-0.1, -0.05) is 30.3 Å². The molecule has 0 heterocycles. The lowest BCUT2D eigenvalue weighted by Gasteiger charge is -2.10. The van der Waals surface area contributed by atoms with Crippen molar-refractivity contribution in [2.75, 3.05) is 10.5 Å². The van der Waals surface area contributed by atoms with E-state index in [2.05, 4.69) is 4.72 Å². The molecule has 0 fully saturated rings. The molecule has 0 aromatic heterocycles. The van der Waals surface area contributed by atoms with Crippen LogP contribution >= 0.6 is 0 Å². The van der Waals surface area contributed by atoms with Gasteiger partial charge in [-0.25, -0.2) is 8.42 Å². The third-order valence-electron chi connectivity index (χ3n) is 2.65. The standard InChI is InChI=1S/C14H13N3O2S/c15-9-12-6-7-14(13(16)8-12)17-20(18,19)10-11-4-2-1-3-5-11/h1-8,17H,10,16H2. The fourth-order valence-corrected chi connectivity index (χ4v) is 2.95. The summed E-state index contributed by atoms with van der Waals surface area (Å²) in [6, 6.07) is 15.2. The van der Waals surface area contributed by atoms with Crippen molar-refractivity contribution in [1.82, 2.24) is 0 Å². The quantitative estimate of drug-likeness (QED) is 0.841. The van der Waals surface area contributed by atoms with Crippen LogP contribution < -0.4 is 10.5 Å². The largest absolute Gasteiger partial charge is 0.397 e. The third-order valence-corrected chi connectivity index (χ3v) is 3.89. The van der Waals surface area contributed by atoms with E-state index in [-0.39, 0.29) is 17.1 Å². The minimum atomic E-state index is -3.54. The van der Waals surface area contributed by atoms with Crippen LogP contribution in [0.25, 0.3) is 0 Å². The Morgan fingerprint density at radius 2 is 1.85 bits per heavy atom. The smallest absolute Gasteiger partial charge is 0.236 e. The molecule has 2 aromatic carbocycles. The van der Waals surface area contributed by atoms with E-state index in [0.29, 0.717) is 11.1 Å². The summed E-state index contributed by atoms with van der Waals surface area (Å²) in [5.74, 6) is -0.132. The normalized spacial score (nSPS) is 10.8. The molecule has 2 aromatic rings. The Morgan fingerprint density at radius 1 is 1.15 bits per heavy atom. The van der Waals surface area contributed by atoms with Crippen molar-refractivity contribution >= 4 is 21.4 Å². The van der Waals surface area contributed by atoms with Crippen LogP contribution in [0.3, 0.4) is 0 Å². The first-order chi connectivity index (χ1) is 9.50. The molecule has 3 N–H and O–H groups in total. The van der Waals surface area contributed by atoms with Gasteiger partial charge in [-0.05, 0) is 23.8 Å². The minimum Gasteiger partial charge on any atom is -0.397 e. The molecule has 20 heavy (non-hydrogen) atoms. The molecule has 0 saturated carbocycles. The van der Waals surface area contributed by atoms with Crippen molar-refractivity contribution in [2.24, 2.45) is 0 Å². The lowest BCUT2D eigenvalue weighted by Crippen LogP contribution is -2.16. The maximum absolute atomic E-state index is 12.0. The summed E-state index contributed by atoms with van der Waals surface area (Å²) in [7, 11) is -3.54. The van der Waals surface area contributed by atoms with Gasteiger partial charge in [-0.2, -0.15) is 5.26 Å². The van der Waals surface area contributed by atoms with Gasteiger partial charge in [-0.15, -0.1) is 0 Å². The summed E-state index contributed by atoms with van der Waals surface area (Å²) in [4.78, 5) is 0. The monoisotopic (exact) mass is 287 g/mol. The second kappa shape index (κ2) is 5.63. The van der Waals surface area contributed by atoms with Crippen LogP contribution in [0.1, 0.15) is 11.1 Å². The first-order valence-electron chi connectivity index (χ1n) is 5.84. The van der Waals surface area contributed by atoms with Crippen molar-refractivity contribution < 1.29 is 8.42 Å². The van der Waals surface area contributed by atoms with Crippen molar-refractivity contribution in [3.05, 3.63) is 59.7 Å². The van der Waals surface area contributed by atoms with Crippen LogP contribution in [0.5, 0.6) is 0 Å². The van der Waals surface area contributed by atoms with E-state index in [1.165, 1.54) is 18.2 Å². The zero-order valence-electron chi connectivity index (χ0n) is 10.6. The number of hydrogen-bond acceptors (Lipinski definition) is 4. The number of hydrogen-bond donors (Lipinski definition) is 2. The summed E-state index contributed by atoms with van der Waals surface area (Å²) >= 11 is 0. The fourth-order valence-electron chi connectivity index (χ4n) is 1.72. The second-order valence-electron chi connectivity index (χ2n) is 4.26. The zero-order chi connectivity index (χ0) is 14.6. The molecular weight excluding hydrogens is 274 g/mol. The van der Waals surface area contributed by atoms with Crippen molar-refractivity contribution in [1.29, 1.82) is 5.26 Å². The van der Waals surface area contributed by atoms with E-state index in [9.17, 15) is 8.42 Å². The van der Waals surface area contributed by atoms with Crippen molar-refractivity contribution in [2.45, 2.75) is 5.75 Å². The topological polar surface area (TPSA) is 96.0 Å². The maximum Gasteiger partial charge on any atom is 0.236 e. The van der Waals surface area contributed by atoms with Gasteiger partial charge >= 0.3 is 0 Å². The van der Waals surface area contributed by atoms with Crippen molar-refractivity contribution in [3.8, 4) is 6.07 Å². The zero-order valence-corrected chi connectivity index (χ0v) is 11.4. The molecule has 0 amide bonds. The lowest BCUT2D eigenvalue weighted by atomic mass is 10.2. The Balaban J connectivity index is 2.19. The molecule has 102 valence electrons. The molecule has 0 aliphatic rings. The average molecular weight is 287 g/mol. The number of anilines is 2. The first-order valence-corrected chi connectivity index (χ1v) is 7.49. The number of nitrogens with one attached hydrogen (secondary N) is 1. The second-order valence-corrected chi connectivity index (χ2v) is 5.98. The molecule has 0 bridgehead atoms. The SMILES string of the molecule is N#Cc1ccc(NS(=O)(=O)Cc2ccccc2)c(N)c1. The highest BCUT2D eigenvalue weighted by Crippen LogP contribution is 2.21. The summed E-state index contributed by atoms with van der Waals surface area (Å²) in [6.45, 7) is 0. The molecule has 5 nitrogen and oxygen atoms in total. The highest BCUT2D eigenvalue weighted by atomic mass is 32.2. The van der Waals surface area contributed by atoms with Gasteiger partial charge in [0, 0.05) is 0 Å². The third kappa shape index (κ3) is 3.49. The van der Waals surface area contributed by atoms with E-state index in [1.807, 2.05) is 12.1 Å². The number of sulfonamides is 1. The van der Waals surface area contributed by atoms with Crippen LogP contribution in [-0.2, 0) is 15.8 Å². The summed E-state index contributed by atoms with van der Waals surface area (Å²) < 4.78 is 26.5. The predicted octanol–water partition coefficient (Wildman–Crippen LogP) is 2.08. The molecular formula is C14H13N3O2S. The first kappa shape index (κ1) is 13.9. The Hall–Kier alpha value is -2.52. The number of benzene rings is 2. The number of nitrogens with zero attached hydrogens (tertiary/aromatic N) is 1. The van der Waals surface area contributed by atoms with Gasteiger partial charge in [0.2, 0.25) is 10.0 Å². The Morgan fingerprint density at radius 3 is 2.45 bits per heavy atom. The molecule has 0 unspecified atom stereocenters. The Kier molecular flexibility index (Phi) is 3.91. The highest BCUT2D eigenvalue weighted by molar-refractivity contribution is 7.91. The summed E-state index contributed by atoms with van der Waals surface area (Å²) in [5.41, 5.74) is 7.29. The maximum atomic E-state index is 12.0. The fraction of sp³-hybridized carbons (Fsp3) is 0.0714. The van der Waals surface area contributed by atoms with Gasteiger partial charge < -0.3 is 5.73 Å². The molecule has 0 saturated heterocycles. The van der Waals surface area contributed by atoms with Gasteiger partial charge in [0.15, 0.2) is 0 Å². The van der Waals surface area contributed by atoms with E-state index in [4.69, 9.17) is 11.0 Å². The average Bonchev–Trinajstić information content (AvgIpc) is 2.41. The van der Waals surface area contributed by atoms with Crippen LogP contribution in [0.4, 0.5) is 11.4 Å². The van der Waals surface area contributed by atoms with Crippen LogP contribution in [-0.4, -0.2) is 8.42 Å². The summed E-state index contributed by atoms with van der Waals surface area (Å²) in [5, 5.41) is 8.74. The van der Waals surface area contributed by atoms with Gasteiger partial charge in [-0.3, -0.25) is 4.72 Å². The number of nitrogen functional groups attached to an aromatic ring is 1. The summed E-state index contributed by atoms with van der Waals surface area (Å²) in [6.07, 6.45) is 0. The molecule has 0 spiro atoms. The van der Waals surface area contributed by atoms with Crippen LogP contribution in [0, 0.1) is 11.3 Å². The predicted molar refractivity (Wildman–Crippen MR) is 78.3 cm³/mol. The van der Waals surface area contributed by atoms with Crippen LogP contribution in [0.2, 0.25) is 0 Å². The molecule has 0 aliphatic heterocycles. The van der Waals surface area contributed by atoms with E-state index >= 15 is 0 Å². The van der Waals surface area contributed by atoms with Crippen molar-refractivity contribution in [3.63, 3.8) is 0 Å². The van der Waals surface area contributed by atoms with Gasteiger partial charge in [0.25, 0.3) is 0 Å². The Labute approximate surface area is 117 Å². The number of nitriles is 1. The lowest BCUT2D eigenvalue weighted by molar-refractivity contribution is 0.600.